The minimum atomic E-state index is -0.972. The number of anilines is 1. The van der Waals surface area contributed by atoms with Gasteiger partial charge in [-0.05, 0) is 0 Å². The van der Waals surface area contributed by atoms with Gasteiger partial charge in [0, 0.05) is 7.11 Å². The number of aromatic nitrogens is 3. The summed E-state index contributed by atoms with van der Waals surface area (Å²) in [5.74, 6) is -0.811. The summed E-state index contributed by atoms with van der Waals surface area (Å²) in [5, 5.41) is 14.5. The standard InChI is InChI=1S/C6H10N4O3S/c1-13-2-3(4(11)12)14-6-8-5(7)9-10-6/h3H,2H2,1H3,(H,11,12)(H3,7,8,9,10). The number of nitrogens with zero attached hydrogens (tertiary/aromatic N) is 2. The van der Waals surface area contributed by atoms with Gasteiger partial charge in [-0.15, -0.1) is 5.10 Å². The summed E-state index contributed by atoms with van der Waals surface area (Å²) in [4.78, 5) is 14.5. The lowest BCUT2D eigenvalue weighted by Gasteiger charge is -2.07. The molecule has 78 valence electrons. The molecule has 1 aromatic heterocycles. The van der Waals surface area contributed by atoms with E-state index in [0.29, 0.717) is 5.16 Å². The Morgan fingerprint density at radius 1 is 1.86 bits per heavy atom. The first-order chi connectivity index (χ1) is 6.63. The molecule has 0 saturated carbocycles. The highest BCUT2D eigenvalue weighted by atomic mass is 32.2. The van der Waals surface area contributed by atoms with Crippen LogP contribution in [0.15, 0.2) is 5.16 Å². The molecular formula is C6H10N4O3S. The zero-order chi connectivity index (χ0) is 10.6. The molecule has 4 N–H and O–H groups in total. The van der Waals surface area contributed by atoms with E-state index in [2.05, 4.69) is 15.2 Å². The Kier molecular flexibility index (Phi) is 3.72. The van der Waals surface area contributed by atoms with Crippen molar-refractivity contribution >= 4 is 23.7 Å². The lowest BCUT2D eigenvalue weighted by Crippen LogP contribution is -2.21. The van der Waals surface area contributed by atoms with Gasteiger partial charge in [-0.2, -0.15) is 4.98 Å². The van der Waals surface area contributed by atoms with Crippen molar-refractivity contribution in [1.29, 1.82) is 0 Å². The number of hydrogen-bond donors (Lipinski definition) is 3. The van der Waals surface area contributed by atoms with Crippen molar-refractivity contribution in [3.8, 4) is 0 Å². The molecule has 0 saturated heterocycles. The van der Waals surface area contributed by atoms with Gasteiger partial charge in [0.05, 0.1) is 6.61 Å². The van der Waals surface area contributed by atoms with Gasteiger partial charge in [-0.3, -0.25) is 4.79 Å². The summed E-state index contributed by atoms with van der Waals surface area (Å²) in [6.07, 6.45) is 0. The van der Waals surface area contributed by atoms with Crippen molar-refractivity contribution < 1.29 is 14.6 Å². The first kappa shape index (κ1) is 10.8. The number of carboxylic acids is 1. The van der Waals surface area contributed by atoms with E-state index in [0.717, 1.165) is 11.8 Å². The van der Waals surface area contributed by atoms with Crippen molar-refractivity contribution in [2.24, 2.45) is 0 Å². The average molecular weight is 218 g/mol. The molecule has 1 aromatic rings. The summed E-state index contributed by atoms with van der Waals surface area (Å²) in [6, 6.07) is 0. The molecular weight excluding hydrogens is 208 g/mol. The molecule has 0 radical (unpaired) electrons. The van der Waals surface area contributed by atoms with Crippen LogP contribution >= 0.6 is 11.8 Å². The third kappa shape index (κ3) is 2.89. The highest BCUT2D eigenvalue weighted by Gasteiger charge is 2.20. The first-order valence-electron chi connectivity index (χ1n) is 3.69. The number of H-pyrrole nitrogens is 1. The molecule has 0 spiro atoms. The molecule has 14 heavy (non-hydrogen) atoms. The molecule has 0 amide bonds. The van der Waals surface area contributed by atoms with E-state index in [1.54, 1.807) is 0 Å². The number of nitrogen functional groups attached to an aromatic ring is 1. The van der Waals surface area contributed by atoms with Gasteiger partial charge in [0.15, 0.2) is 0 Å². The Hall–Kier alpha value is -1.28. The Labute approximate surface area is 84.0 Å². The lowest BCUT2D eigenvalue weighted by molar-refractivity contribution is -0.137. The smallest absolute Gasteiger partial charge is 0.319 e. The maximum Gasteiger partial charge on any atom is 0.319 e. The van der Waals surface area contributed by atoms with E-state index in [-0.39, 0.29) is 12.6 Å². The Morgan fingerprint density at radius 3 is 3.00 bits per heavy atom. The monoisotopic (exact) mass is 218 g/mol. The normalized spacial score (nSPS) is 12.6. The van der Waals surface area contributed by atoms with Crippen LogP contribution in [0.3, 0.4) is 0 Å². The lowest BCUT2D eigenvalue weighted by atomic mass is 10.5. The number of aliphatic carboxylic acids is 1. The molecule has 0 fully saturated rings. The van der Waals surface area contributed by atoms with Crippen LogP contribution < -0.4 is 5.73 Å². The largest absolute Gasteiger partial charge is 0.480 e. The van der Waals surface area contributed by atoms with Crippen LogP contribution in [-0.2, 0) is 9.53 Å². The van der Waals surface area contributed by atoms with Crippen LogP contribution in [-0.4, -0.2) is 45.2 Å². The van der Waals surface area contributed by atoms with Crippen LogP contribution in [0, 0.1) is 0 Å². The second-order valence-electron chi connectivity index (χ2n) is 2.40. The summed E-state index contributed by atoms with van der Waals surface area (Å²) in [6.45, 7) is 0.0917. The zero-order valence-electron chi connectivity index (χ0n) is 7.43. The number of aromatic amines is 1. The maximum absolute atomic E-state index is 10.7. The Bertz CT molecular complexity index is 316. The number of hydrogen-bond acceptors (Lipinski definition) is 6. The van der Waals surface area contributed by atoms with Crippen LogP contribution in [0.25, 0.3) is 0 Å². The van der Waals surface area contributed by atoms with Crippen LogP contribution in [0.2, 0.25) is 0 Å². The SMILES string of the molecule is COCC(Sc1n[nH]c(N)n1)C(=O)O. The minimum absolute atomic E-state index is 0.0917. The summed E-state index contributed by atoms with van der Waals surface area (Å²) in [5.41, 5.74) is 5.28. The molecule has 8 heteroatoms. The molecule has 0 bridgehead atoms. The fourth-order valence-electron chi connectivity index (χ4n) is 0.745. The number of thioether (sulfide) groups is 1. The molecule has 1 unspecified atom stereocenters. The number of nitrogens with two attached hydrogens (primary N) is 1. The maximum atomic E-state index is 10.7. The van der Waals surface area contributed by atoms with Crippen molar-refractivity contribution in [1.82, 2.24) is 15.2 Å². The van der Waals surface area contributed by atoms with Crippen molar-refractivity contribution in [3.05, 3.63) is 0 Å². The highest BCUT2D eigenvalue weighted by Crippen LogP contribution is 2.19. The van der Waals surface area contributed by atoms with Gasteiger partial charge in [0.2, 0.25) is 11.1 Å². The van der Waals surface area contributed by atoms with E-state index in [4.69, 9.17) is 15.6 Å². The highest BCUT2D eigenvalue weighted by molar-refractivity contribution is 8.00. The van der Waals surface area contributed by atoms with E-state index in [1.807, 2.05) is 0 Å². The second-order valence-corrected chi connectivity index (χ2v) is 3.57. The van der Waals surface area contributed by atoms with Crippen LogP contribution in [0.5, 0.6) is 0 Å². The molecule has 0 aromatic carbocycles. The number of methoxy groups -OCH3 is 1. The Morgan fingerprint density at radius 2 is 2.57 bits per heavy atom. The van der Waals surface area contributed by atoms with Crippen molar-refractivity contribution in [2.45, 2.75) is 10.4 Å². The second kappa shape index (κ2) is 4.82. The summed E-state index contributed by atoms with van der Waals surface area (Å²) < 4.78 is 4.75. The van der Waals surface area contributed by atoms with Gasteiger partial charge < -0.3 is 15.6 Å². The number of carbonyl (C=O) groups is 1. The predicted molar refractivity (Wildman–Crippen MR) is 50.0 cm³/mol. The predicted octanol–water partition coefficient (Wildman–Crippen LogP) is -0.421. The number of ether oxygens (including phenoxy) is 1. The average Bonchev–Trinajstić information content (AvgIpc) is 2.50. The van der Waals surface area contributed by atoms with Gasteiger partial charge in [0.1, 0.15) is 5.25 Å². The molecule has 0 aliphatic rings. The van der Waals surface area contributed by atoms with Gasteiger partial charge >= 0.3 is 5.97 Å². The fourth-order valence-corrected chi connectivity index (χ4v) is 1.55. The minimum Gasteiger partial charge on any atom is -0.480 e. The van der Waals surface area contributed by atoms with Gasteiger partial charge in [-0.25, -0.2) is 5.10 Å². The summed E-state index contributed by atoms with van der Waals surface area (Å²) in [7, 11) is 1.43. The number of rotatable bonds is 5. The molecule has 7 nitrogen and oxygen atoms in total. The van der Waals surface area contributed by atoms with Crippen molar-refractivity contribution in [3.63, 3.8) is 0 Å². The number of carboxylic acid groups (broad SMARTS) is 1. The third-order valence-electron chi connectivity index (χ3n) is 1.32. The fraction of sp³-hybridized carbons (Fsp3) is 0.500. The molecule has 1 atom stereocenters. The topological polar surface area (TPSA) is 114 Å². The quantitative estimate of drug-likeness (QED) is 0.575. The Balaban J connectivity index is 2.59. The molecule has 0 aliphatic carbocycles. The molecule has 1 heterocycles. The summed E-state index contributed by atoms with van der Waals surface area (Å²) >= 11 is 0.984. The van der Waals surface area contributed by atoms with Crippen LogP contribution in [0.1, 0.15) is 0 Å². The third-order valence-corrected chi connectivity index (χ3v) is 2.34. The number of nitrogens with one attached hydrogen (secondary N) is 1. The van der Waals surface area contributed by atoms with E-state index < -0.39 is 11.2 Å². The zero-order valence-corrected chi connectivity index (χ0v) is 8.24. The first-order valence-corrected chi connectivity index (χ1v) is 4.57. The van der Waals surface area contributed by atoms with Crippen molar-refractivity contribution in [2.75, 3.05) is 19.5 Å². The van der Waals surface area contributed by atoms with Crippen LogP contribution in [0.4, 0.5) is 5.95 Å². The van der Waals surface area contributed by atoms with Gasteiger partial charge in [0.25, 0.3) is 0 Å². The molecule has 0 aliphatic heterocycles. The van der Waals surface area contributed by atoms with E-state index in [1.165, 1.54) is 7.11 Å². The van der Waals surface area contributed by atoms with E-state index in [9.17, 15) is 4.79 Å². The molecule has 1 rings (SSSR count). The van der Waals surface area contributed by atoms with E-state index >= 15 is 0 Å². The van der Waals surface area contributed by atoms with Gasteiger partial charge in [-0.1, -0.05) is 11.8 Å².